The van der Waals surface area contributed by atoms with Crippen LogP contribution in [0.15, 0.2) is 42.7 Å². The summed E-state index contributed by atoms with van der Waals surface area (Å²) in [5, 5.41) is 8.46. The van der Waals surface area contributed by atoms with E-state index in [1.807, 2.05) is 0 Å². The van der Waals surface area contributed by atoms with Gasteiger partial charge in [0.2, 0.25) is 10.0 Å². The van der Waals surface area contributed by atoms with Crippen LogP contribution in [0.25, 0.3) is 0 Å². The lowest BCUT2D eigenvalue weighted by molar-refractivity contribution is 0.494. The van der Waals surface area contributed by atoms with Crippen LogP contribution < -0.4 is 10.5 Å². The second kappa shape index (κ2) is 6.07. The van der Waals surface area contributed by atoms with Gasteiger partial charge in [0.05, 0.1) is 26.6 Å². The van der Waals surface area contributed by atoms with E-state index in [-0.39, 0.29) is 4.90 Å². The Hall–Kier alpha value is -0.540. The Morgan fingerprint density at radius 2 is 2.00 bits per heavy atom. The van der Waals surface area contributed by atoms with Crippen LogP contribution in [-0.2, 0) is 16.6 Å². The smallest absolute Gasteiger partial charge is 0.238 e. The molecule has 0 aliphatic heterocycles. The fraction of sp³-hybridized carbons (Fsp3) is 0.0909. The van der Waals surface area contributed by atoms with Gasteiger partial charge in [0.1, 0.15) is 5.76 Å². The lowest BCUT2D eigenvalue weighted by atomic mass is 10.3. The first-order valence-electron chi connectivity index (χ1n) is 5.27. The molecule has 2 aromatic rings. The summed E-state index contributed by atoms with van der Waals surface area (Å²) in [5.74, 6) is 0.654. The molecule has 0 bridgehead atoms. The molecule has 108 valence electrons. The number of rotatable bonds is 4. The maximum atomic E-state index is 11.3. The van der Waals surface area contributed by atoms with Gasteiger partial charge in [-0.2, -0.15) is 0 Å². The molecule has 0 spiro atoms. The molecule has 9 heteroatoms. The van der Waals surface area contributed by atoms with Crippen molar-refractivity contribution in [3.8, 4) is 0 Å². The largest absolute Gasteiger partial charge is 0.451 e. The van der Waals surface area contributed by atoms with Crippen molar-refractivity contribution in [2.24, 2.45) is 5.14 Å². The number of benzene rings is 1. The van der Waals surface area contributed by atoms with Crippen molar-refractivity contribution >= 4 is 59.2 Å². The number of hydrogen-bond acceptors (Lipinski definition) is 4. The quantitative estimate of drug-likeness (QED) is 0.753. The number of halogens is 3. The molecule has 1 aromatic heterocycles. The minimum absolute atomic E-state index is 0.00814. The van der Waals surface area contributed by atoms with Crippen LogP contribution in [0, 0.1) is 0 Å². The van der Waals surface area contributed by atoms with E-state index in [4.69, 9.17) is 21.2 Å². The van der Waals surface area contributed by atoms with Crippen LogP contribution in [0.3, 0.4) is 0 Å². The van der Waals surface area contributed by atoms with Crippen LogP contribution in [-0.4, -0.2) is 8.42 Å². The minimum Gasteiger partial charge on any atom is -0.451 e. The molecular weight excluding hydrogens is 435 g/mol. The highest BCUT2D eigenvalue weighted by atomic mass is 79.9. The molecule has 0 amide bonds. The predicted octanol–water partition coefficient (Wildman–Crippen LogP) is 3.72. The van der Waals surface area contributed by atoms with Gasteiger partial charge in [0.25, 0.3) is 0 Å². The van der Waals surface area contributed by atoms with Gasteiger partial charge in [0, 0.05) is 0 Å². The summed E-state index contributed by atoms with van der Waals surface area (Å²) in [6.45, 7) is 0.345. The normalized spacial score (nSPS) is 11.6. The molecule has 0 aliphatic carbocycles. The number of nitrogens with two attached hydrogens (primary N) is 1. The van der Waals surface area contributed by atoms with Crippen LogP contribution >= 0.6 is 43.5 Å². The summed E-state index contributed by atoms with van der Waals surface area (Å²) in [4.78, 5) is -0.00814. The Bertz CT molecular complexity index is 727. The van der Waals surface area contributed by atoms with Gasteiger partial charge in [-0.05, 0) is 56.1 Å². The van der Waals surface area contributed by atoms with Gasteiger partial charge in [-0.3, -0.25) is 0 Å². The molecular formula is C11H9Br2ClN2O3S. The highest BCUT2D eigenvalue weighted by Crippen LogP contribution is 2.29. The van der Waals surface area contributed by atoms with Gasteiger partial charge in [-0.15, -0.1) is 0 Å². The molecule has 3 N–H and O–H groups in total. The predicted molar refractivity (Wildman–Crippen MR) is 84.3 cm³/mol. The molecule has 2 rings (SSSR count). The van der Waals surface area contributed by atoms with E-state index in [1.54, 1.807) is 6.07 Å². The number of sulfonamides is 1. The maximum Gasteiger partial charge on any atom is 0.238 e. The highest BCUT2D eigenvalue weighted by Gasteiger charge is 2.12. The SMILES string of the molecule is NS(=O)(=O)c1ccc(Cl)c(NCc2cc(Br)c(Br)o2)c1. The third-order valence-electron chi connectivity index (χ3n) is 2.42. The van der Waals surface area contributed by atoms with Crippen molar-refractivity contribution in [3.63, 3.8) is 0 Å². The first-order valence-corrected chi connectivity index (χ1v) is 8.78. The molecule has 1 heterocycles. The van der Waals surface area contributed by atoms with Gasteiger partial charge >= 0.3 is 0 Å². The Balaban J connectivity index is 2.21. The third-order valence-corrected chi connectivity index (χ3v) is 5.37. The zero-order valence-electron chi connectivity index (χ0n) is 9.86. The summed E-state index contributed by atoms with van der Waals surface area (Å²) in [6, 6.07) is 5.99. The van der Waals surface area contributed by atoms with Crippen LogP contribution in [0.4, 0.5) is 5.69 Å². The molecule has 0 saturated carbocycles. The Labute approximate surface area is 137 Å². The molecule has 5 nitrogen and oxygen atoms in total. The summed E-state index contributed by atoms with van der Waals surface area (Å²) in [6.07, 6.45) is 0. The average Bonchev–Trinajstić information content (AvgIpc) is 2.66. The van der Waals surface area contributed by atoms with Crippen molar-refractivity contribution in [2.45, 2.75) is 11.4 Å². The summed E-state index contributed by atoms with van der Waals surface area (Å²) < 4.78 is 29.4. The number of nitrogens with one attached hydrogen (secondary N) is 1. The van der Waals surface area contributed by atoms with E-state index in [0.29, 0.717) is 27.7 Å². The molecule has 1 aromatic carbocycles. The van der Waals surface area contributed by atoms with Gasteiger partial charge < -0.3 is 9.73 Å². The average molecular weight is 445 g/mol. The van der Waals surface area contributed by atoms with Gasteiger partial charge in [0.15, 0.2) is 4.67 Å². The van der Waals surface area contributed by atoms with Crippen molar-refractivity contribution in [3.05, 3.63) is 44.2 Å². The second-order valence-corrected chi connectivity index (χ2v) is 7.42. The highest BCUT2D eigenvalue weighted by molar-refractivity contribution is 9.13. The van der Waals surface area contributed by atoms with E-state index >= 15 is 0 Å². The lowest BCUT2D eigenvalue weighted by Crippen LogP contribution is -2.12. The van der Waals surface area contributed by atoms with Crippen molar-refractivity contribution in [1.82, 2.24) is 0 Å². The summed E-state index contributed by atoms with van der Waals surface area (Å²) >= 11 is 12.5. The molecule has 0 unspecified atom stereocenters. The van der Waals surface area contributed by atoms with E-state index < -0.39 is 10.0 Å². The van der Waals surface area contributed by atoms with Gasteiger partial charge in [-0.1, -0.05) is 11.6 Å². The van der Waals surface area contributed by atoms with Gasteiger partial charge in [-0.25, -0.2) is 13.6 Å². The zero-order chi connectivity index (χ0) is 14.9. The van der Waals surface area contributed by atoms with Crippen LogP contribution in [0.2, 0.25) is 5.02 Å². The van der Waals surface area contributed by atoms with Crippen molar-refractivity contribution in [2.75, 3.05) is 5.32 Å². The Morgan fingerprint density at radius 1 is 1.30 bits per heavy atom. The Morgan fingerprint density at radius 3 is 2.55 bits per heavy atom. The van der Waals surface area contributed by atoms with E-state index in [2.05, 4.69) is 37.2 Å². The van der Waals surface area contributed by atoms with E-state index in [9.17, 15) is 8.42 Å². The molecule has 0 saturated heterocycles. The zero-order valence-corrected chi connectivity index (χ0v) is 14.6. The minimum atomic E-state index is -3.76. The van der Waals surface area contributed by atoms with Crippen molar-refractivity contribution in [1.29, 1.82) is 0 Å². The second-order valence-electron chi connectivity index (χ2n) is 3.87. The van der Waals surface area contributed by atoms with Crippen LogP contribution in [0.5, 0.6) is 0 Å². The fourth-order valence-corrected chi connectivity index (χ4v) is 2.86. The topological polar surface area (TPSA) is 85.3 Å². The first-order chi connectivity index (χ1) is 9.27. The van der Waals surface area contributed by atoms with E-state index in [1.165, 1.54) is 18.2 Å². The number of furan rings is 1. The number of anilines is 1. The van der Waals surface area contributed by atoms with E-state index in [0.717, 1.165) is 4.47 Å². The molecule has 0 atom stereocenters. The third kappa shape index (κ3) is 3.76. The lowest BCUT2D eigenvalue weighted by Gasteiger charge is -2.08. The first kappa shape index (κ1) is 15.8. The molecule has 0 aliphatic rings. The van der Waals surface area contributed by atoms with Crippen molar-refractivity contribution < 1.29 is 12.8 Å². The molecule has 0 fully saturated rings. The fourth-order valence-electron chi connectivity index (χ4n) is 1.48. The molecule has 20 heavy (non-hydrogen) atoms. The molecule has 0 radical (unpaired) electrons. The Kier molecular flexibility index (Phi) is 4.80. The number of hydrogen-bond donors (Lipinski definition) is 2. The summed E-state index contributed by atoms with van der Waals surface area (Å²) in [7, 11) is -3.76. The summed E-state index contributed by atoms with van der Waals surface area (Å²) in [5.41, 5.74) is 0.460. The standard InChI is InChI=1S/C11H9Br2ClN2O3S/c12-8-3-6(19-11(8)13)5-16-10-4-7(20(15,17)18)1-2-9(10)14/h1-4,16H,5H2,(H2,15,17,18). The monoisotopic (exact) mass is 442 g/mol. The van der Waals surface area contributed by atoms with Crippen LogP contribution in [0.1, 0.15) is 5.76 Å². The number of primary sulfonamides is 1. The maximum absolute atomic E-state index is 11.3.